The van der Waals surface area contributed by atoms with Crippen molar-refractivity contribution in [1.82, 2.24) is 9.45 Å². The minimum Gasteiger partial charge on any atom is -0.740 e. The monoisotopic (exact) mass is 491 g/mol. The van der Waals surface area contributed by atoms with Crippen LogP contribution in [0.15, 0.2) is 12.3 Å². The Kier molecular flexibility index (Phi) is 6.06. The molecule has 0 spiro atoms. The molecule has 33 heavy (non-hydrogen) atoms. The number of hydrogen-bond donors (Lipinski definition) is 1. The number of ether oxygens (including phenoxy) is 1. The Morgan fingerprint density at radius 2 is 1.79 bits per heavy atom. The standard InChI is InChI=1S/C22H27N4O5S2/c1-14-13-23-22(32-14)25(17-8-10-31-11-9-17)33(29,30)26(28)21(27)24-20-18-6-2-4-15(18)12-16-5-3-7-19(16)20/h12-13,17H,2-11H2,1H3,(H,24,27)/q-1. The second-order valence-electron chi connectivity index (χ2n) is 8.79. The lowest BCUT2D eigenvalue weighted by atomic mass is 9.99. The SMILES string of the molecule is Cc1cnc(N(C2CCOCC2)S(=O)(=O)N([O-])C(=O)Nc2c3c(cc4c2CCC4)CCC3)s1. The zero-order valence-corrected chi connectivity index (χ0v) is 20.1. The van der Waals surface area contributed by atoms with E-state index in [1.165, 1.54) is 22.5 Å². The van der Waals surface area contributed by atoms with Crippen LogP contribution in [0.25, 0.3) is 0 Å². The van der Waals surface area contributed by atoms with Crippen LogP contribution >= 0.6 is 11.3 Å². The summed E-state index contributed by atoms with van der Waals surface area (Å²) in [4.78, 5) is 18.1. The van der Waals surface area contributed by atoms with Gasteiger partial charge >= 0.3 is 16.2 Å². The van der Waals surface area contributed by atoms with E-state index in [2.05, 4.69) is 16.4 Å². The molecule has 1 aromatic heterocycles. The molecule has 2 heterocycles. The molecular formula is C22H27N4O5S2-. The van der Waals surface area contributed by atoms with Gasteiger partial charge in [-0.2, -0.15) is 8.42 Å². The van der Waals surface area contributed by atoms with Gasteiger partial charge in [-0.25, -0.2) is 14.1 Å². The molecule has 1 saturated heterocycles. The van der Waals surface area contributed by atoms with E-state index < -0.39 is 26.8 Å². The van der Waals surface area contributed by atoms with Crippen LogP contribution in [0.3, 0.4) is 0 Å². The van der Waals surface area contributed by atoms with Crippen LogP contribution in [0, 0.1) is 12.1 Å². The summed E-state index contributed by atoms with van der Waals surface area (Å²) < 4.78 is 32.9. The van der Waals surface area contributed by atoms with Gasteiger partial charge in [-0.1, -0.05) is 6.07 Å². The van der Waals surface area contributed by atoms with Crippen LogP contribution < -0.4 is 9.62 Å². The predicted molar refractivity (Wildman–Crippen MR) is 127 cm³/mol. The maximum absolute atomic E-state index is 13.4. The first-order valence-electron chi connectivity index (χ1n) is 11.4. The molecule has 1 N–H and O–H groups in total. The molecule has 0 bridgehead atoms. The topological polar surface area (TPSA) is 115 Å². The van der Waals surface area contributed by atoms with Crippen LogP contribution in [-0.4, -0.2) is 43.2 Å². The van der Waals surface area contributed by atoms with Crippen molar-refractivity contribution < 1.29 is 17.9 Å². The summed E-state index contributed by atoms with van der Waals surface area (Å²) in [5.41, 5.74) is 5.08. The van der Waals surface area contributed by atoms with Crippen LogP contribution in [-0.2, 0) is 40.6 Å². The smallest absolute Gasteiger partial charge is 0.326 e. The number of hydrogen-bond acceptors (Lipinski definition) is 7. The quantitative estimate of drug-likeness (QED) is 0.638. The number of aryl methyl sites for hydroxylation is 3. The largest absolute Gasteiger partial charge is 0.740 e. The van der Waals surface area contributed by atoms with Gasteiger partial charge in [0.1, 0.15) is 0 Å². The van der Waals surface area contributed by atoms with Gasteiger partial charge in [0, 0.05) is 30.0 Å². The van der Waals surface area contributed by atoms with Gasteiger partial charge in [0.15, 0.2) is 0 Å². The summed E-state index contributed by atoms with van der Waals surface area (Å²) in [6.45, 7) is 2.58. The van der Waals surface area contributed by atoms with Crippen molar-refractivity contribution in [2.75, 3.05) is 22.8 Å². The number of urea groups is 1. The van der Waals surface area contributed by atoms with E-state index in [1.54, 1.807) is 6.20 Å². The van der Waals surface area contributed by atoms with Gasteiger partial charge in [0.25, 0.3) is 0 Å². The number of thiazole rings is 1. The number of benzene rings is 1. The van der Waals surface area contributed by atoms with Crippen LogP contribution in [0.2, 0.25) is 0 Å². The van der Waals surface area contributed by atoms with Gasteiger partial charge in [0.2, 0.25) is 5.13 Å². The molecule has 9 nitrogen and oxygen atoms in total. The minimum atomic E-state index is -4.70. The Hall–Kier alpha value is -2.21. The molecule has 0 radical (unpaired) electrons. The molecule has 0 unspecified atom stereocenters. The van der Waals surface area contributed by atoms with Crippen molar-refractivity contribution in [3.05, 3.63) is 44.6 Å². The Morgan fingerprint density at radius 1 is 1.15 bits per heavy atom. The van der Waals surface area contributed by atoms with Crippen LogP contribution in [0.5, 0.6) is 0 Å². The molecule has 178 valence electrons. The molecule has 0 atom stereocenters. The second-order valence-corrected chi connectivity index (χ2v) is 11.6. The maximum atomic E-state index is 13.4. The Morgan fingerprint density at radius 3 is 2.36 bits per heavy atom. The molecule has 0 saturated carbocycles. The van der Waals surface area contributed by atoms with Gasteiger partial charge in [-0.15, -0.1) is 11.3 Å². The molecular weight excluding hydrogens is 464 g/mol. The third-order valence-electron chi connectivity index (χ3n) is 6.65. The zero-order valence-electron chi connectivity index (χ0n) is 18.5. The average molecular weight is 492 g/mol. The Balaban J connectivity index is 1.45. The highest BCUT2D eigenvalue weighted by Gasteiger charge is 2.37. The fraction of sp³-hybridized carbons (Fsp3) is 0.545. The van der Waals surface area contributed by atoms with E-state index in [1.807, 2.05) is 6.92 Å². The molecule has 1 aliphatic heterocycles. The van der Waals surface area contributed by atoms with Gasteiger partial charge in [0.05, 0.1) is 6.04 Å². The van der Waals surface area contributed by atoms with Crippen molar-refractivity contribution >= 4 is 38.4 Å². The first kappa shape index (κ1) is 22.6. The lowest BCUT2D eigenvalue weighted by Crippen LogP contribution is -2.51. The molecule has 2 aliphatic carbocycles. The third-order valence-corrected chi connectivity index (χ3v) is 9.23. The number of nitrogens with one attached hydrogen (secondary N) is 1. The molecule has 2 aromatic rings. The first-order chi connectivity index (χ1) is 15.9. The highest BCUT2D eigenvalue weighted by atomic mass is 32.2. The van der Waals surface area contributed by atoms with Crippen molar-refractivity contribution in [3.8, 4) is 0 Å². The first-order valence-corrected chi connectivity index (χ1v) is 13.6. The van der Waals surface area contributed by atoms with Crippen molar-refractivity contribution in [2.45, 2.75) is 64.3 Å². The second kappa shape index (κ2) is 8.86. The van der Waals surface area contributed by atoms with Crippen LogP contribution in [0.4, 0.5) is 15.6 Å². The molecule has 2 amide bonds. The van der Waals surface area contributed by atoms with Crippen molar-refractivity contribution in [1.29, 1.82) is 0 Å². The summed E-state index contributed by atoms with van der Waals surface area (Å²) in [6.07, 6.45) is 7.89. The highest BCUT2D eigenvalue weighted by Crippen LogP contribution is 2.39. The summed E-state index contributed by atoms with van der Waals surface area (Å²) in [5.74, 6) is 0. The third kappa shape index (κ3) is 4.11. The van der Waals surface area contributed by atoms with E-state index in [0.29, 0.717) is 31.7 Å². The Labute approximate surface area is 197 Å². The predicted octanol–water partition coefficient (Wildman–Crippen LogP) is 3.69. The maximum Gasteiger partial charge on any atom is 0.326 e. The zero-order chi connectivity index (χ0) is 23.2. The molecule has 1 aromatic carbocycles. The number of hydroxylamine groups is 1. The summed E-state index contributed by atoms with van der Waals surface area (Å²) in [6, 6.07) is 0.530. The highest BCUT2D eigenvalue weighted by molar-refractivity contribution is 7.91. The number of aromatic nitrogens is 1. The van der Waals surface area contributed by atoms with Crippen molar-refractivity contribution in [2.24, 2.45) is 0 Å². The number of nitrogens with zero attached hydrogens (tertiary/aromatic N) is 3. The average Bonchev–Trinajstić information content (AvgIpc) is 3.55. The normalized spacial score (nSPS) is 18.1. The lowest BCUT2D eigenvalue weighted by molar-refractivity contribution is 0.0874. The number of fused-ring (bicyclic) bond motifs is 2. The fourth-order valence-electron chi connectivity index (χ4n) is 5.11. The van der Waals surface area contributed by atoms with Gasteiger partial charge in [-0.3, -0.25) is 4.47 Å². The summed E-state index contributed by atoms with van der Waals surface area (Å²) in [5, 5.41) is 15.9. The van der Waals surface area contributed by atoms with E-state index in [4.69, 9.17) is 4.74 Å². The summed E-state index contributed by atoms with van der Waals surface area (Å²) >= 11 is 1.18. The number of amides is 2. The lowest BCUT2D eigenvalue weighted by Gasteiger charge is -2.38. The number of carbonyl (C=O) groups excluding carboxylic acids is 1. The number of anilines is 2. The van der Waals surface area contributed by atoms with Crippen molar-refractivity contribution in [3.63, 3.8) is 0 Å². The van der Waals surface area contributed by atoms with Gasteiger partial charge < -0.3 is 15.3 Å². The van der Waals surface area contributed by atoms with Gasteiger partial charge in [-0.05, 0) is 80.5 Å². The molecule has 5 rings (SSSR count). The van der Waals surface area contributed by atoms with E-state index >= 15 is 0 Å². The molecule has 1 fully saturated rings. The van der Waals surface area contributed by atoms with E-state index in [0.717, 1.165) is 58.8 Å². The van der Waals surface area contributed by atoms with Crippen LogP contribution in [0.1, 0.15) is 52.8 Å². The Bertz CT molecular complexity index is 1140. The molecule has 3 aliphatic rings. The number of rotatable bonds is 5. The van der Waals surface area contributed by atoms with E-state index in [9.17, 15) is 18.4 Å². The van der Waals surface area contributed by atoms with E-state index in [-0.39, 0.29) is 5.13 Å². The summed E-state index contributed by atoms with van der Waals surface area (Å²) in [7, 11) is -4.70. The fourth-order valence-corrected chi connectivity index (χ4v) is 7.49. The minimum absolute atomic E-state index is 0.189. The molecule has 11 heteroatoms. The number of carbonyl (C=O) groups is 1.